The van der Waals surface area contributed by atoms with Crippen molar-refractivity contribution >= 4 is 5.91 Å². The summed E-state index contributed by atoms with van der Waals surface area (Å²) in [6.07, 6.45) is 9.69. The second-order valence-electron chi connectivity index (χ2n) is 6.53. The van der Waals surface area contributed by atoms with Crippen LogP contribution in [0.4, 0.5) is 0 Å². The molecule has 0 heterocycles. The summed E-state index contributed by atoms with van der Waals surface area (Å²) in [6, 6.07) is 0.434. The van der Waals surface area contributed by atoms with Gasteiger partial charge in [-0.25, -0.2) is 0 Å². The van der Waals surface area contributed by atoms with Crippen LogP contribution in [-0.4, -0.2) is 35.1 Å². The third kappa shape index (κ3) is 2.29. The molecule has 3 aliphatic rings. The van der Waals surface area contributed by atoms with Crippen molar-refractivity contribution in [2.45, 2.75) is 57.4 Å². The Kier molecular flexibility index (Phi) is 3.60. The van der Waals surface area contributed by atoms with E-state index in [1.807, 2.05) is 4.90 Å². The molecule has 2 bridgehead atoms. The average Bonchev–Trinajstić information content (AvgIpc) is 2.87. The second kappa shape index (κ2) is 5.20. The van der Waals surface area contributed by atoms with E-state index in [1.165, 1.54) is 32.1 Å². The monoisotopic (exact) mass is 251 g/mol. The number of carbonyl (C=O) groups excluding carboxylic acids is 1. The molecule has 0 radical (unpaired) electrons. The van der Waals surface area contributed by atoms with E-state index in [1.54, 1.807) is 0 Å². The number of hydrogen-bond acceptors (Lipinski definition) is 2. The summed E-state index contributed by atoms with van der Waals surface area (Å²) >= 11 is 0. The Morgan fingerprint density at radius 1 is 1.17 bits per heavy atom. The maximum absolute atomic E-state index is 12.4. The van der Waals surface area contributed by atoms with Gasteiger partial charge in [0, 0.05) is 19.0 Å². The van der Waals surface area contributed by atoms with E-state index in [-0.39, 0.29) is 6.61 Å². The highest BCUT2D eigenvalue weighted by atomic mass is 16.3. The first-order chi connectivity index (χ1) is 8.78. The first-order valence-electron chi connectivity index (χ1n) is 7.68. The van der Waals surface area contributed by atoms with Crippen LogP contribution in [-0.2, 0) is 4.79 Å². The number of hydrogen-bond donors (Lipinski definition) is 1. The molecule has 1 N–H and O–H groups in total. The van der Waals surface area contributed by atoms with Gasteiger partial charge in [-0.05, 0) is 56.3 Å². The smallest absolute Gasteiger partial charge is 0.223 e. The van der Waals surface area contributed by atoms with Crippen molar-refractivity contribution in [3.63, 3.8) is 0 Å². The van der Waals surface area contributed by atoms with Gasteiger partial charge in [0.2, 0.25) is 5.91 Å². The molecule has 3 unspecified atom stereocenters. The number of rotatable bonds is 5. The molecule has 102 valence electrons. The molecule has 3 fully saturated rings. The Balaban J connectivity index is 1.55. The van der Waals surface area contributed by atoms with E-state index in [0.29, 0.717) is 24.4 Å². The highest BCUT2D eigenvalue weighted by molar-refractivity contribution is 5.77. The molecule has 3 atom stereocenters. The minimum Gasteiger partial charge on any atom is -0.395 e. The van der Waals surface area contributed by atoms with Crippen molar-refractivity contribution in [2.75, 3.05) is 13.2 Å². The molecule has 1 amide bonds. The number of amides is 1. The van der Waals surface area contributed by atoms with Gasteiger partial charge in [0.15, 0.2) is 0 Å². The molecule has 0 spiro atoms. The zero-order valence-electron chi connectivity index (χ0n) is 11.2. The predicted molar refractivity (Wildman–Crippen MR) is 70.0 cm³/mol. The minimum atomic E-state index is 0.110. The van der Waals surface area contributed by atoms with Gasteiger partial charge in [0.1, 0.15) is 0 Å². The van der Waals surface area contributed by atoms with Gasteiger partial charge in [-0.2, -0.15) is 0 Å². The fraction of sp³-hybridized carbons (Fsp3) is 0.933. The highest BCUT2D eigenvalue weighted by Gasteiger charge is 2.41. The molecule has 3 heteroatoms. The molecule has 0 aliphatic heterocycles. The molecule has 18 heavy (non-hydrogen) atoms. The predicted octanol–water partition coefficient (Wildman–Crippen LogP) is 2.19. The first kappa shape index (κ1) is 12.5. The summed E-state index contributed by atoms with van der Waals surface area (Å²) in [7, 11) is 0. The summed E-state index contributed by atoms with van der Waals surface area (Å²) in [5.74, 6) is 2.71. The fourth-order valence-electron chi connectivity index (χ4n) is 4.29. The lowest BCUT2D eigenvalue weighted by atomic mass is 9.85. The van der Waals surface area contributed by atoms with Crippen molar-refractivity contribution in [3.05, 3.63) is 0 Å². The van der Waals surface area contributed by atoms with Crippen LogP contribution in [0.3, 0.4) is 0 Å². The van der Waals surface area contributed by atoms with Crippen molar-refractivity contribution in [1.82, 2.24) is 4.90 Å². The molecule has 0 saturated heterocycles. The maximum atomic E-state index is 12.4. The van der Waals surface area contributed by atoms with Gasteiger partial charge in [0.05, 0.1) is 6.61 Å². The molecular formula is C15H25NO2. The SMILES string of the molecule is O=C(CC1CC2CCC1C2)N(CCO)C1CCC1. The lowest BCUT2D eigenvalue weighted by Crippen LogP contribution is -2.46. The minimum absolute atomic E-state index is 0.110. The van der Waals surface area contributed by atoms with Crippen LogP contribution >= 0.6 is 0 Å². The topological polar surface area (TPSA) is 40.5 Å². The lowest BCUT2D eigenvalue weighted by molar-refractivity contribution is -0.137. The quantitative estimate of drug-likeness (QED) is 0.813. The van der Waals surface area contributed by atoms with Crippen LogP contribution in [0.15, 0.2) is 0 Å². The van der Waals surface area contributed by atoms with Crippen molar-refractivity contribution in [2.24, 2.45) is 17.8 Å². The Morgan fingerprint density at radius 3 is 2.50 bits per heavy atom. The number of carbonyl (C=O) groups is 1. The van der Waals surface area contributed by atoms with E-state index in [9.17, 15) is 4.79 Å². The van der Waals surface area contributed by atoms with E-state index in [0.717, 1.165) is 31.1 Å². The third-order valence-corrected chi connectivity index (χ3v) is 5.50. The molecule has 3 rings (SSSR count). The lowest BCUT2D eigenvalue weighted by Gasteiger charge is -2.38. The van der Waals surface area contributed by atoms with E-state index in [4.69, 9.17) is 5.11 Å². The Morgan fingerprint density at radius 2 is 2.00 bits per heavy atom. The third-order valence-electron chi connectivity index (χ3n) is 5.50. The molecular weight excluding hydrogens is 226 g/mol. The highest BCUT2D eigenvalue weighted by Crippen LogP contribution is 2.49. The number of nitrogens with zero attached hydrogens (tertiary/aromatic N) is 1. The summed E-state index contributed by atoms with van der Waals surface area (Å²) in [5.41, 5.74) is 0. The molecule has 3 saturated carbocycles. The summed E-state index contributed by atoms with van der Waals surface area (Å²) in [6.45, 7) is 0.656. The average molecular weight is 251 g/mol. The fourth-order valence-corrected chi connectivity index (χ4v) is 4.29. The van der Waals surface area contributed by atoms with Gasteiger partial charge in [-0.3, -0.25) is 4.79 Å². The molecule has 0 aromatic carbocycles. The standard InChI is InChI=1S/C15H25NO2/c17-7-6-16(14-2-1-3-14)15(18)10-13-9-11-4-5-12(13)8-11/h11-14,17H,1-10H2. The maximum Gasteiger partial charge on any atom is 0.223 e. The van der Waals surface area contributed by atoms with Crippen LogP contribution in [0.25, 0.3) is 0 Å². The molecule has 0 aromatic heterocycles. The number of aliphatic hydroxyl groups excluding tert-OH is 1. The second-order valence-corrected chi connectivity index (χ2v) is 6.53. The Hall–Kier alpha value is -0.570. The van der Waals surface area contributed by atoms with Crippen molar-refractivity contribution in [3.8, 4) is 0 Å². The largest absolute Gasteiger partial charge is 0.395 e. The molecule has 3 aliphatic carbocycles. The summed E-state index contributed by atoms with van der Waals surface area (Å²) < 4.78 is 0. The van der Waals surface area contributed by atoms with Gasteiger partial charge < -0.3 is 10.0 Å². The van der Waals surface area contributed by atoms with Crippen molar-refractivity contribution in [1.29, 1.82) is 0 Å². The van der Waals surface area contributed by atoms with E-state index < -0.39 is 0 Å². The van der Waals surface area contributed by atoms with Crippen LogP contribution in [0.1, 0.15) is 51.4 Å². The van der Waals surface area contributed by atoms with Gasteiger partial charge >= 0.3 is 0 Å². The van der Waals surface area contributed by atoms with Crippen LogP contribution in [0, 0.1) is 17.8 Å². The first-order valence-corrected chi connectivity index (χ1v) is 7.68. The zero-order chi connectivity index (χ0) is 12.5. The summed E-state index contributed by atoms with van der Waals surface area (Å²) in [5, 5.41) is 9.13. The van der Waals surface area contributed by atoms with Crippen LogP contribution in [0.5, 0.6) is 0 Å². The van der Waals surface area contributed by atoms with Gasteiger partial charge in [-0.15, -0.1) is 0 Å². The van der Waals surface area contributed by atoms with Crippen LogP contribution < -0.4 is 0 Å². The van der Waals surface area contributed by atoms with Crippen molar-refractivity contribution < 1.29 is 9.90 Å². The summed E-state index contributed by atoms with van der Waals surface area (Å²) in [4.78, 5) is 14.4. The zero-order valence-corrected chi connectivity index (χ0v) is 11.2. The van der Waals surface area contributed by atoms with Crippen LogP contribution in [0.2, 0.25) is 0 Å². The van der Waals surface area contributed by atoms with Gasteiger partial charge in [-0.1, -0.05) is 6.42 Å². The normalized spacial score (nSPS) is 34.6. The Labute approximate surface area is 110 Å². The molecule has 3 nitrogen and oxygen atoms in total. The number of aliphatic hydroxyl groups is 1. The Bertz CT molecular complexity index is 314. The number of fused-ring (bicyclic) bond motifs is 2. The molecule has 0 aromatic rings. The van der Waals surface area contributed by atoms with E-state index >= 15 is 0 Å². The van der Waals surface area contributed by atoms with E-state index in [2.05, 4.69) is 0 Å². The van der Waals surface area contributed by atoms with Gasteiger partial charge in [0.25, 0.3) is 0 Å².